The summed E-state index contributed by atoms with van der Waals surface area (Å²) in [4.78, 5) is 24.9. The van der Waals surface area contributed by atoms with E-state index in [9.17, 15) is 9.59 Å². The van der Waals surface area contributed by atoms with Crippen molar-refractivity contribution in [3.8, 4) is 0 Å². The van der Waals surface area contributed by atoms with E-state index >= 15 is 0 Å². The molecule has 1 atom stereocenters. The third-order valence-electron chi connectivity index (χ3n) is 3.09. The monoisotopic (exact) mass is 241 g/mol. The number of likely N-dealkylation sites (N-methyl/N-ethyl adjacent to an activating group) is 1. The quantitative estimate of drug-likeness (QED) is 0.665. The van der Waals surface area contributed by atoms with Crippen LogP contribution in [0.25, 0.3) is 0 Å². The standard InChI is InChI=1S/C12H23N3O2/c1-3-13-6-7-14-12(17)11-5-4-8-15(9-11)10(2)16/h11,13H,3-9H2,1-2H3,(H,14,17). The van der Waals surface area contributed by atoms with Crippen LogP contribution in [0.1, 0.15) is 26.7 Å². The van der Waals surface area contributed by atoms with E-state index in [0.29, 0.717) is 13.1 Å². The van der Waals surface area contributed by atoms with Crippen molar-refractivity contribution in [3.63, 3.8) is 0 Å². The van der Waals surface area contributed by atoms with Gasteiger partial charge in [0.1, 0.15) is 0 Å². The molecule has 1 heterocycles. The fraction of sp³-hybridized carbons (Fsp3) is 0.833. The van der Waals surface area contributed by atoms with Crippen LogP contribution in [0.5, 0.6) is 0 Å². The molecule has 1 saturated heterocycles. The van der Waals surface area contributed by atoms with Gasteiger partial charge in [0, 0.05) is 33.1 Å². The Morgan fingerprint density at radius 1 is 1.35 bits per heavy atom. The fourth-order valence-corrected chi connectivity index (χ4v) is 2.07. The average molecular weight is 241 g/mol. The summed E-state index contributed by atoms with van der Waals surface area (Å²) >= 11 is 0. The highest BCUT2D eigenvalue weighted by molar-refractivity contribution is 5.80. The molecular weight excluding hydrogens is 218 g/mol. The molecule has 2 N–H and O–H groups in total. The molecule has 0 radical (unpaired) electrons. The van der Waals surface area contributed by atoms with Gasteiger partial charge in [-0.15, -0.1) is 0 Å². The number of hydrogen-bond donors (Lipinski definition) is 2. The van der Waals surface area contributed by atoms with Gasteiger partial charge in [-0.1, -0.05) is 6.92 Å². The molecular formula is C12H23N3O2. The first kappa shape index (κ1) is 14.0. The maximum Gasteiger partial charge on any atom is 0.224 e. The first-order chi connectivity index (χ1) is 8.15. The molecule has 1 unspecified atom stereocenters. The zero-order valence-corrected chi connectivity index (χ0v) is 10.8. The van der Waals surface area contributed by atoms with Gasteiger partial charge in [0.05, 0.1) is 5.92 Å². The number of nitrogens with one attached hydrogen (secondary N) is 2. The Labute approximate surface area is 103 Å². The van der Waals surface area contributed by atoms with Gasteiger partial charge in [-0.3, -0.25) is 9.59 Å². The number of carbonyl (C=O) groups is 2. The molecule has 2 amide bonds. The van der Waals surface area contributed by atoms with Crippen LogP contribution in [0, 0.1) is 5.92 Å². The van der Waals surface area contributed by atoms with Crippen molar-refractivity contribution in [1.29, 1.82) is 0 Å². The SMILES string of the molecule is CCNCCNC(=O)C1CCCN(C(C)=O)C1. The number of carbonyl (C=O) groups excluding carboxylic acids is 2. The molecule has 1 rings (SSSR count). The minimum absolute atomic E-state index is 0.0331. The first-order valence-corrected chi connectivity index (χ1v) is 6.39. The molecule has 1 aliphatic rings. The van der Waals surface area contributed by atoms with Crippen LogP contribution in [-0.4, -0.2) is 49.4 Å². The topological polar surface area (TPSA) is 61.4 Å². The van der Waals surface area contributed by atoms with Crippen LogP contribution in [0.15, 0.2) is 0 Å². The molecule has 0 aromatic heterocycles. The fourth-order valence-electron chi connectivity index (χ4n) is 2.07. The van der Waals surface area contributed by atoms with E-state index in [1.165, 1.54) is 0 Å². The maximum atomic E-state index is 11.9. The summed E-state index contributed by atoms with van der Waals surface area (Å²) < 4.78 is 0. The van der Waals surface area contributed by atoms with Gasteiger partial charge in [-0.25, -0.2) is 0 Å². The van der Waals surface area contributed by atoms with Crippen molar-refractivity contribution in [3.05, 3.63) is 0 Å². The number of amides is 2. The molecule has 0 bridgehead atoms. The number of rotatable bonds is 5. The van der Waals surface area contributed by atoms with E-state index in [2.05, 4.69) is 10.6 Å². The van der Waals surface area contributed by atoms with Crippen LogP contribution >= 0.6 is 0 Å². The molecule has 1 fully saturated rings. The second-order valence-corrected chi connectivity index (χ2v) is 4.45. The Morgan fingerprint density at radius 3 is 2.76 bits per heavy atom. The summed E-state index contributed by atoms with van der Waals surface area (Å²) in [5.41, 5.74) is 0. The van der Waals surface area contributed by atoms with Crippen LogP contribution in [0.2, 0.25) is 0 Å². The lowest BCUT2D eigenvalue weighted by Crippen LogP contribution is -2.45. The van der Waals surface area contributed by atoms with Gasteiger partial charge in [0.15, 0.2) is 0 Å². The highest BCUT2D eigenvalue weighted by atomic mass is 16.2. The number of likely N-dealkylation sites (tertiary alicyclic amines) is 1. The highest BCUT2D eigenvalue weighted by Gasteiger charge is 2.26. The molecule has 0 aromatic rings. The van der Waals surface area contributed by atoms with Gasteiger partial charge in [-0.2, -0.15) is 0 Å². The van der Waals surface area contributed by atoms with Gasteiger partial charge < -0.3 is 15.5 Å². The van der Waals surface area contributed by atoms with Crippen molar-refractivity contribution in [2.45, 2.75) is 26.7 Å². The summed E-state index contributed by atoms with van der Waals surface area (Å²) in [6, 6.07) is 0. The largest absolute Gasteiger partial charge is 0.355 e. The minimum Gasteiger partial charge on any atom is -0.355 e. The van der Waals surface area contributed by atoms with Crippen molar-refractivity contribution < 1.29 is 9.59 Å². The summed E-state index contributed by atoms with van der Waals surface area (Å²) in [6.07, 6.45) is 1.81. The molecule has 17 heavy (non-hydrogen) atoms. The van der Waals surface area contributed by atoms with Crippen LogP contribution in [0.4, 0.5) is 0 Å². The molecule has 5 nitrogen and oxygen atoms in total. The molecule has 0 aromatic carbocycles. The van der Waals surface area contributed by atoms with E-state index in [0.717, 1.165) is 32.5 Å². The number of hydrogen-bond acceptors (Lipinski definition) is 3. The smallest absolute Gasteiger partial charge is 0.224 e. The van der Waals surface area contributed by atoms with Crippen LogP contribution in [-0.2, 0) is 9.59 Å². The van der Waals surface area contributed by atoms with Gasteiger partial charge >= 0.3 is 0 Å². The lowest BCUT2D eigenvalue weighted by atomic mass is 9.97. The number of nitrogens with zero attached hydrogens (tertiary/aromatic N) is 1. The van der Waals surface area contributed by atoms with Gasteiger partial charge in [0.2, 0.25) is 11.8 Å². The molecule has 0 saturated carbocycles. The number of piperidine rings is 1. The van der Waals surface area contributed by atoms with Crippen LogP contribution in [0.3, 0.4) is 0 Å². The Balaban J connectivity index is 2.28. The Kier molecular flexibility index (Phi) is 5.97. The summed E-state index contributed by atoms with van der Waals surface area (Å²) in [5, 5.41) is 6.06. The zero-order valence-electron chi connectivity index (χ0n) is 10.8. The van der Waals surface area contributed by atoms with Gasteiger partial charge in [-0.05, 0) is 19.4 Å². The Hall–Kier alpha value is -1.10. The lowest BCUT2D eigenvalue weighted by Gasteiger charge is -2.31. The highest BCUT2D eigenvalue weighted by Crippen LogP contribution is 2.16. The third-order valence-corrected chi connectivity index (χ3v) is 3.09. The third kappa shape index (κ3) is 4.73. The van der Waals surface area contributed by atoms with Crippen LogP contribution < -0.4 is 10.6 Å². The second kappa shape index (κ2) is 7.27. The zero-order chi connectivity index (χ0) is 12.7. The van der Waals surface area contributed by atoms with Crippen molar-refractivity contribution in [1.82, 2.24) is 15.5 Å². The predicted octanol–water partition coefficient (Wildman–Crippen LogP) is -0.0294. The van der Waals surface area contributed by atoms with E-state index in [1.54, 1.807) is 11.8 Å². The van der Waals surface area contributed by atoms with Crippen molar-refractivity contribution in [2.75, 3.05) is 32.7 Å². The van der Waals surface area contributed by atoms with E-state index in [4.69, 9.17) is 0 Å². The first-order valence-electron chi connectivity index (χ1n) is 6.39. The molecule has 0 spiro atoms. The van der Waals surface area contributed by atoms with E-state index < -0.39 is 0 Å². The van der Waals surface area contributed by atoms with E-state index in [1.807, 2.05) is 6.92 Å². The second-order valence-electron chi connectivity index (χ2n) is 4.45. The van der Waals surface area contributed by atoms with E-state index in [-0.39, 0.29) is 17.7 Å². The maximum absolute atomic E-state index is 11.9. The normalized spacial score (nSPS) is 20.1. The predicted molar refractivity (Wildman–Crippen MR) is 66.5 cm³/mol. The molecule has 5 heteroatoms. The van der Waals surface area contributed by atoms with Gasteiger partial charge in [0.25, 0.3) is 0 Å². The lowest BCUT2D eigenvalue weighted by molar-refractivity contribution is -0.133. The Morgan fingerprint density at radius 2 is 2.12 bits per heavy atom. The molecule has 1 aliphatic heterocycles. The summed E-state index contributed by atoms with van der Waals surface area (Å²) in [6.45, 7) is 7.32. The Bertz CT molecular complexity index is 268. The minimum atomic E-state index is -0.0331. The molecule has 0 aliphatic carbocycles. The summed E-state index contributed by atoms with van der Waals surface area (Å²) in [7, 11) is 0. The summed E-state index contributed by atoms with van der Waals surface area (Å²) in [5.74, 6) is 0.110. The average Bonchev–Trinajstić information content (AvgIpc) is 2.34. The van der Waals surface area contributed by atoms with Crippen molar-refractivity contribution in [2.24, 2.45) is 5.92 Å². The molecule has 98 valence electrons. The van der Waals surface area contributed by atoms with Crippen molar-refractivity contribution >= 4 is 11.8 Å².